The number of nitrogens with zero attached hydrogens (tertiary/aromatic N) is 1. The molecule has 3 aromatic rings. The molecule has 0 spiro atoms. The van der Waals surface area contributed by atoms with Crippen molar-refractivity contribution in [1.82, 2.24) is 4.98 Å². The maximum atomic E-state index is 12.0. The first-order valence-electron chi connectivity index (χ1n) is 5.50. The van der Waals surface area contributed by atoms with Gasteiger partial charge in [0.05, 0.1) is 18.4 Å². The topological polar surface area (TPSA) is 78.4 Å². The van der Waals surface area contributed by atoms with Crippen molar-refractivity contribution in [3.05, 3.63) is 40.1 Å². The van der Waals surface area contributed by atoms with Crippen LogP contribution in [0.4, 0.5) is 5.13 Å². The molecule has 0 saturated carbocycles. The summed E-state index contributed by atoms with van der Waals surface area (Å²) in [5.74, 6) is 0.640. The van der Waals surface area contributed by atoms with E-state index in [1.807, 2.05) is 12.1 Å². The highest BCUT2D eigenvalue weighted by atomic mass is 32.1. The van der Waals surface area contributed by atoms with Crippen LogP contribution in [0.1, 0.15) is 0 Å². The van der Waals surface area contributed by atoms with Crippen molar-refractivity contribution in [2.75, 3.05) is 12.8 Å². The number of hydrogen-bond donors (Lipinski definition) is 1. The van der Waals surface area contributed by atoms with Gasteiger partial charge in [-0.05, 0) is 18.2 Å². The van der Waals surface area contributed by atoms with Gasteiger partial charge in [-0.25, -0.2) is 9.78 Å². The number of rotatable bonds is 2. The van der Waals surface area contributed by atoms with Crippen LogP contribution in [-0.2, 0) is 0 Å². The molecule has 0 unspecified atom stereocenters. The molecule has 2 aromatic heterocycles. The van der Waals surface area contributed by atoms with Gasteiger partial charge in [-0.2, -0.15) is 0 Å². The Morgan fingerprint density at radius 3 is 2.89 bits per heavy atom. The molecule has 3 rings (SSSR count). The summed E-state index contributed by atoms with van der Waals surface area (Å²) in [5, 5.41) is 2.96. The Morgan fingerprint density at radius 2 is 2.21 bits per heavy atom. The predicted molar refractivity (Wildman–Crippen MR) is 74.6 cm³/mol. The van der Waals surface area contributed by atoms with Crippen LogP contribution in [0.25, 0.3) is 22.2 Å². The van der Waals surface area contributed by atoms with Gasteiger partial charge in [-0.1, -0.05) is 0 Å². The van der Waals surface area contributed by atoms with E-state index in [-0.39, 0.29) is 0 Å². The molecule has 0 aliphatic heterocycles. The molecule has 2 heterocycles. The number of anilines is 1. The standard InChI is InChI=1S/C13H10N2O3S/c1-17-8-3-2-7-4-9(10-6-19-13(14)15-10)12(16)18-11(7)5-8/h2-6H,1H3,(H2,14,15). The van der Waals surface area contributed by atoms with Gasteiger partial charge in [0.2, 0.25) is 0 Å². The highest BCUT2D eigenvalue weighted by molar-refractivity contribution is 7.13. The third kappa shape index (κ3) is 2.06. The van der Waals surface area contributed by atoms with Crippen molar-refractivity contribution in [2.24, 2.45) is 0 Å². The molecule has 6 heteroatoms. The summed E-state index contributed by atoms with van der Waals surface area (Å²) in [6, 6.07) is 7.06. The molecule has 0 amide bonds. The number of thiazole rings is 1. The smallest absolute Gasteiger partial charge is 0.345 e. The van der Waals surface area contributed by atoms with Crippen LogP contribution in [0.3, 0.4) is 0 Å². The van der Waals surface area contributed by atoms with Gasteiger partial charge in [0.25, 0.3) is 0 Å². The molecule has 0 atom stereocenters. The number of fused-ring (bicyclic) bond motifs is 1. The lowest BCUT2D eigenvalue weighted by Crippen LogP contribution is -2.03. The molecule has 2 N–H and O–H groups in total. The molecule has 0 saturated heterocycles. The van der Waals surface area contributed by atoms with Crippen LogP contribution in [0.5, 0.6) is 5.75 Å². The Morgan fingerprint density at radius 1 is 1.37 bits per heavy atom. The largest absolute Gasteiger partial charge is 0.497 e. The van der Waals surface area contributed by atoms with E-state index < -0.39 is 5.63 Å². The molecule has 0 aliphatic rings. The van der Waals surface area contributed by atoms with E-state index in [0.717, 1.165) is 5.39 Å². The zero-order valence-electron chi connectivity index (χ0n) is 10.0. The van der Waals surface area contributed by atoms with E-state index in [1.165, 1.54) is 11.3 Å². The summed E-state index contributed by atoms with van der Waals surface area (Å²) in [6.45, 7) is 0. The fraction of sp³-hybridized carbons (Fsp3) is 0.0769. The average Bonchev–Trinajstić information content (AvgIpc) is 2.83. The first-order chi connectivity index (χ1) is 9.17. The molecule has 0 fully saturated rings. The van der Waals surface area contributed by atoms with Crippen molar-refractivity contribution in [3.8, 4) is 17.0 Å². The zero-order valence-corrected chi connectivity index (χ0v) is 10.9. The minimum Gasteiger partial charge on any atom is -0.497 e. The minimum atomic E-state index is -0.439. The monoisotopic (exact) mass is 274 g/mol. The molecule has 0 radical (unpaired) electrons. The summed E-state index contributed by atoms with van der Waals surface area (Å²) < 4.78 is 10.4. The summed E-state index contributed by atoms with van der Waals surface area (Å²) in [7, 11) is 1.56. The minimum absolute atomic E-state index is 0.408. The molecule has 0 bridgehead atoms. The third-order valence-corrected chi connectivity index (χ3v) is 3.41. The number of nitrogen functional groups attached to an aromatic ring is 1. The zero-order chi connectivity index (χ0) is 13.4. The van der Waals surface area contributed by atoms with E-state index in [4.69, 9.17) is 14.9 Å². The average molecular weight is 274 g/mol. The Labute approximate surface area is 112 Å². The Balaban J connectivity index is 2.22. The number of methoxy groups -OCH3 is 1. The van der Waals surface area contributed by atoms with Gasteiger partial charge in [0.1, 0.15) is 11.3 Å². The molecular formula is C13H10N2O3S. The number of nitrogens with two attached hydrogens (primary N) is 1. The fourth-order valence-corrected chi connectivity index (χ4v) is 2.37. The first kappa shape index (κ1) is 11.7. The molecule has 1 aromatic carbocycles. The van der Waals surface area contributed by atoms with Crippen LogP contribution in [-0.4, -0.2) is 12.1 Å². The number of aromatic nitrogens is 1. The van der Waals surface area contributed by atoms with Gasteiger partial charge >= 0.3 is 5.63 Å². The summed E-state index contributed by atoms with van der Waals surface area (Å²) in [5.41, 5.74) is 6.56. The van der Waals surface area contributed by atoms with E-state index in [2.05, 4.69) is 4.98 Å². The first-order valence-corrected chi connectivity index (χ1v) is 6.38. The maximum Gasteiger partial charge on any atom is 0.345 e. The van der Waals surface area contributed by atoms with Gasteiger partial charge in [0, 0.05) is 16.8 Å². The van der Waals surface area contributed by atoms with Crippen LogP contribution >= 0.6 is 11.3 Å². The van der Waals surface area contributed by atoms with Gasteiger partial charge in [-0.3, -0.25) is 0 Å². The normalized spacial score (nSPS) is 10.8. The summed E-state index contributed by atoms with van der Waals surface area (Å²) in [4.78, 5) is 16.1. The van der Waals surface area contributed by atoms with Crippen molar-refractivity contribution in [2.45, 2.75) is 0 Å². The second-order valence-corrected chi connectivity index (χ2v) is 4.81. The second-order valence-electron chi connectivity index (χ2n) is 3.92. The lowest BCUT2D eigenvalue weighted by molar-refractivity contribution is 0.414. The Hall–Kier alpha value is -2.34. The third-order valence-electron chi connectivity index (χ3n) is 2.74. The van der Waals surface area contributed by atoms with Gasteiger partial charge < -0.3 is 14.9 Å². The summed E-state index contributed by atoms with van der Waals surface area (Å²) >= 11 is 1.29. The highest BCUT2D eigenvalue weighted by Gasteiger charge is 2.11. The molecule has 19 heavy (non-hydrogen) atoms. The molecule has 96 valence electrons. The number of ether oxygens (including phenoxy) is 1. The van der Waals surface area contributed by atoms with Crippen molar-refractivity contribution in [3.63, 3.8) is 0 Å². The van der Waals surface area contributed by atoms with Crippen LogP contribution in [0, 0.1) is 0 Å². The van der Waals surface area contributed by atoms with E-state index in [9.17, 15) is 4.79 Å². The Bertz CT molecular complexity index is 807. The van der Waals surface area contributed by atoms with Crippen LogP contribution in [0.15, 0.2) is 38.9 Å². The SMILES string of the molecule is COc1ccc2cc(-c3csc(N)n3)c(=O)oc2c1. The van der Waals surface area contributed by atoms with E-state index in [0.29, 0.717) is 27.7 Å². The van der Waals surface area contributed by atoms with Crippen LogP contribution in [0.2, 0.25) is 0 Å². The molecule has 5 nitrogen and oxygen atoms in total. The predicted octanol–water partition coefficient (Wildman–Crippen LogP) is 2.51. The van der Waals surface area contributed by atoms with E-state index >= 15 is 0 Å². The summed E-state index contributed by atoms with van der Waals surface area (Å²) in [6.07, 6.45) is 0. The van der Waals surface area contributed by atoms with E-state index in [1.54, 1.807) is 24.6 Å². The quantitative estimate of drug-likeness (QED) is 0.726. The lowest BCUT2D eigenvalue weighted by atomic mass is 10.1. The van der Waals surface area contributed by atoms with Crippen molar-refractivity contribution >= 4 is 27.4 Å². The lowest BCUT2D eigenvalue weighted by Gasteiger charge is -2.02. The van der Waals surface area contributed by atoms with Gasteiger partial charge in [0.15, 0.2) is 5.13 Å². The molecule has 0 aliphatic carbocycles. The maximum absolute atomic E-state index is 12.0. The van der Waals surface area contributed by atoms with Crippen molar-refractivity contribution < 1.29 is 9.15 Å². The van der Waals surface area contributed by atoms with Crippen molar-refractivity contribution in [1.29, 1.82) is 0 Å². The van der Waals surface area contributed by atoms with Crippen LogP contribution < -0.4 is 16.1 Å². The molecular weight excluding hydrogens is 264 g/mol. The van der Waals surface area contributed by atoms with Gasteiger partial charge in [-0.15, -0.1) is 11.3 Å². The highest BCUT2D eigenvalue weighted by Crippen LogP contribution is 2.25. The second kappa shape index (κ2) is 4.40. The number of hydrogen-bond acceptors (Lipinski definition) is 6. The Kier molecular flexibility index (Phi) is 2.72. The number of benzene rings is 1. The fourth-order valence-electron chi connectivity index (χ4n) is 1.81.